The molecule has 12 atom stereocenters. The van der Waals surface area contributed by atoms with E-state index >= 15 is 0 Å². The second kappa shape index (κ2) is 34.6. The van der Waals surface area contributed by atoms with Gasteiger partial charge in [0.05, 0.1) is 32.0 Å². The van der Waals surface area contributed by atoms with E-state index in [-0.39, 0.29) is 18.9 Å². The molecule has 2 fully saturated rings. The van der Waals surface area contributed by atoms with Crippen LogP contribution in [-0.4, -0.2) is 140 Å². The first-order valence-corrected chi connectivity index (χ1v) is 23.7. The highest BCUT2D eigenvalue weighted by Crippen LogP contribution is 2.30. The molecule has 0 aliphatic carbocycles. The molecule has 0 radical (unpaired) electrons. The van der Waals surface area contributed by atoms with Gasteiger partial charge in [-0.2, -0.15) is 0 Å². The molecule has 2 saturated heterocycles. The van der Waals surface area contributed by atoms with Crippen LogP contribution in [0.25, 0.3) is 0 Å². The Hall–Kier alpha value is -1.79. The molecule has 0 aromatic rings. The van der Waals surface area contributed by atoms with Crippen LogP contribution in [0.3, 0.4) is 0 Å². The van der Waals surface area contributed by atoms with Crippen molar-refractivity contribution in [3.63, 3.8) is 0 Å². The van der Waals surface area contributed by atoms with E-state index in [1.807, 2.05) is 6.08 Å². The van der Waals surface area contributed by atoms with E-state index in [9.17, 15) is 45.6 Å². The Kier molecular flexibility index (Phi) is 31.4. The number of nitrogens with one attached hydrogen (secondary N) is 1. The molecule has 2 aliphatic heterocycles. The van der Waals surface area contributed by atoms with Gasteiger partial charge < -0.3 is 65.1 Å². The maximum absolute atomic E-state index is 13.1. The fraction of sp³-hybridized carbons (Fsp3) is 0.851. The molecule has 0 saturated carbocycles. The molecule has 0 aromatic heterocycles. The third-order valence-electron chi connectivity index (χ3n) is 11.5. The highest BCUT2D eigenvalue weighted by Gasteiger charge is 2.50. The summed E-state index contributed by atoms with van der Waals surface area (Å²) in [7, 11) is 0. The lowest BCUT2D eigenvalue weighted by atomic mass is 9.97. The molecule has 61 heavy (non-hydrogen) atoms. The van der Waals surface area contributed by atoms with E-state index in [1.54, 1.807) is 6.08 Å². The van der Waals surface area contributed by atoms with Gasteiger partial charge in [0.25, 0.3) is 0 Å². The lowest BCUT2D eigenvalue weighted by molar-refractivity contribution is -0.359. The van der Waals surface area contributed by atoms with Gasteiger partial charge in [0.15, 0.2) is 12.6 Å². The monoisotopic (exact) mass is 872 g/mol. The summed E-state index contributed by atoms with van der Waals surface area (Å²) in [6, 6.07) is -0.932. The number of rotatable bonds is 35. The number of carbonyl (C=O) groups excluding carboxylic acids is 1. The van der Waals surface area contributed by atoms with Crippen LogP contribution in [-0.2, 0) is 23.7 Å². The summed E-state index contributed by atoms with van der Waals surface area (Å²) in [5, 5.41) is 86.4. The van der Waals surface area contributed by atoms with E-state index in [0.717, 1.165) is 51.4 Å². The second-order valence-electron chi connectivity index (χ2n) is 16.9. The summed E-state index contributed by atoms with van der Waals surface area (Å²) in [5.74, 6) is -0.256. The van der Waals surface area contributed by atoms with Crippen LogP contribution < -0.4 is 5.32 Å². The van der Waals surface area contributed by atoms with Crippen molar-refractivity contribution in [1.29, 1.82) is 0 Å². The van der Waals surface area contributed by atoms with Crippen molar-refractivity contribution in [1.82, 2.24) is 5.32 Å². The van der Waals surface area contributed by atoms with Crippen LogP contribution in [0.15, 0.2) is 36.5 Å². The van der Waals surface area contributed by atoms with Gasteiger partial charge in [-0.3, -0.25) is 4.79 Å². The molecule has 2 heterocycles. The lowest BCUT2D eigenvalue weighted by Crippen LogP contribution is -2.65. The van der Waals surface area contributed by atoms with Gasteiger partial charge in [0.1, 0.15) is 48.8 Å². The molecular formula is C47H85NO13. The number of hydrogen-bond donors (Lipinski definition) is 9. The SMILES string of the molecule is CCC/C=C/CC/C=C/CC/C=C/C(O)C(COC1OC(CO)C(OC2OC(CO)C(O)C(O)C2O)C(O)C1O)NC(=O)CCCCCCCCCCCCCCCCCC. The van der Waals surface area contributed by atoms with Crippen molar-refractivity contribution in [3.05, 3.63) is 36.5 Å². The summed E-state index contributed by atoms with van der Waals surface area (Å²) in [5.41, 5.74) is 0. The van der Waals surface area contributed by atoms with E-state index in [1.165, 1.54) is 77.0 Å². The van der Waals surface area contributed by atoms with Crippen molar-refractivity contribution in [2.24, 2.45) is 0 Å². The Morgan fingerprint density at radius 1 is 0.574 bits per heavy atom. The van der Waals surface area contributed by atoms with Gasteiger partial charge in [-0.25, -0.2) is 0 Å². The molecule has 0 aromatic carbocycles. The summed E-state index contributed by atoms with van der Waals surface area (Å²) < 4.78 is 22.6. The van der Waals surface area contributed by atoms with Gasteiger partial charge in [-0.05, 0) is 38.5 Å². The average molecular weight is 872 g/mol. The fourth-order valence-corrected chi connectivity index (χ4v) is 7.62. The topological polar surface area (TPSA) is 228 Å². The van der Waals surface area contributed by atoms with Gasteiger partial charge in [0, 0.05) is 6.42 Å². The minimum absolute atomic E-state index is 0.256. The maximum Gasteiger partial charge on any atom is 0.220 e. The molecule has 356 valence electrons. The van der Waals surface area contributed by atoms with E-state index in [2.05, 4.69) is 43.5 Å². The zero-order chi connectivity index (χ0) is 44.7. The Morgan fingerprint density at radius 3 is 1.57 bits per heavy atom. The Labute approximate surface area is 366 Å². The van der Waals surface area contributed by atoms with Gasteiger partial charge in [-0.1, -0.05) is 153 Å². The van der Waals surface area contributed by atoms with Crippen LogP contribution in [0.2, 0.25) is 0 Å². The summed E-state index contributed by atoms with van der Waals surface area (Å²) in [4.78, 5) is 13.1. The quantitative estimate of drug-likeness (QED) is 0.0297. The highest BCUT2D eigenvalue weighted by molar-refractivity contribution is 5.76. The Bertz CT molecular complexity index is 1170. The molecule has 9 N–H and O–H groups in total. The van der Waals surface area contributed by atoms with Crippen LogP contribution in [0.5, 0.6) is 0 Å². The normalized spacial score (nSPS) is 28.3. The molecule has 12 unspecified atom stereocenters. The number of aliphatic hydroxyl groups excluding tert-OH is 8. The van der Waals surface area contributed by atoms with Crippen LogP contribution in [0.1, 0.15) is 162 Å². The minimum Gasteiger partial charge on any atom is -0.394 e. The van der Waals surface area contributed by atoms with Gasteiger partial charge in [-0.15, -0.1) is 0 Å². The predicted octanol–water partition coefficient (Wildman–Crippen LogP) is 5.15. The lowest BCUT2D eigenvalue weighted by Gasteiger charge is -2.46. The van der Waals surface area contributed by atoms with E-state index < -0.39 is 86.8 Å². The molecule has 2 rings (SSSR count). The number of allylic oxidation sites excluding steroid dienone is 5. The fourth-order valence-electron chi connectivity index (χ4n) is 7.62. The number of hydrogen-bond acceptors (Lipinski definition) is 13. The number of amides is 1. The van der Waals surface area contributed by atoms with E-state index in [4.69, 9.17) is 18.9 Å². The van der Waals surface area contributed by atoms with Crippen LogP contribution in [0.4, 0.5) is 0 Å². The molecule has 2 aliphatic rings. The van der Waals surface area contributed by atoms with Crippen LogP contribution in [0, 0.1) is 0 Å². The number of ether oxygens (including phenoxy) is 4. The highest BCUT2D eigenvalue weighted by atomic mass is 16.7. The Morgan fingerprint density at radius 2 is 1.05 bits per heavy atom. The number of aliphatic hydroxyl groups is 8. The first-order chi connectivity index (χ1) is 29.6. The standard InChI is InChI=1S/C47H85NO13/c1-3-5-7-9-11-13-15-16-17-18-19-21-23-25-27-29-31-39(52)48-35(36(51)30-28-26-24-22-20-14-12-10-8-6-4-2)34-58-46-44(57)42(55)45(38(33-50)60-46)61-47-43(56)41(54)40(53)37(32-49)59-47/h8,10,20,22,28,30,35-38,40-47,49-51,53-57H,3-7,9,11-19,21,23-27,29,31-34H2,1-2H3,(H,48,52)/b10-8+,22-20+,30-28+. The average Bonchev–Trinajstić information content (AvgIpc) is 3.26. The van der Waals surface area contributed by atoms with Crippen molar-refractivity contribution in [2.75, 3.05) is 19.8 Å². The minimum atomic E-state index is -1.79. The van der Waals surface area contributed by atoms with Crippen molar-refractivity contribution in [3.8, 4) is 0 Å². The first kappa shape index (κ1) is 55.3. The van der Waals surface area contributed by atoms with E-state index in [0.29, 0.717) is 12.8 Å². The van der Waals surface area contributed by atoms with Crippen LogP contribution >= 0.6 is 0 Å². The van der Waals surface area contributed by atoms with Crippen molar-refractivity contribution >= 4 is 5.91 Å². The molecule has 14 nitrogen and oxygen atoms in total. The van der Waals surface area contributed by atoms with Gasteiger partial charge in [0.2, 0.25) is 5.91 Å². The molecule has 1 amide bonds. The van der Waals surface area contributed by atoms with Crippen molar-refractivity contribution < 1.29 is 64.6 Å². The zero-order valence-electron chi connectivity index (χ0n) is 37.4. The molecule has 14 heteroatoms. The molecule has 0 spiro atoms. The maximum atomic E-state index is 13.1. The summed E-state index contributed by atoms with van der Waals surface area (Å²) >= 11 is 0. The first-order valence-electron chi connectivity index (χ1n) is 23.7. The largest absolute Gasteiger partial charge is 0.394 e. The third kappa shape index (κ3) is 22.6. The van der Waals surface area contributed by atoms with Crippen molar-refractivity contribution in [2.45, 2.75) is 235 Å². The molecule has 0 bridgehead atoms. The smallest absolute Gasteiger partial charge is 0.220 e. The second-order valence-corrected chi connectivity index (χ2v) is 16.9. The number of carbonyl (C=O) groups is 1. The third-order valence-corrected chi connectivity index (χ3v) is 11.5. The summed E-state index contributed by atoms with van der Waals surface area (Å²) in [6.45, 7) is 2.66. The Balaban J connectivity index is 1.88. The predicted molar refractivity (Wildman–Crippen MR) is 235 cm³/mol. The summed E-state index contributed by atoms with van der Waals surface area (Å²) in [6.07, 6.45) is 20.6. The molecular weight excluding hydrogens is 787 g/mol. The number of unbranched alkanes of at least 4 members (excludes halogenated alkanes) is 18. The zero-order valence-corrected chi connectivity index (χ0v) is 37.4. The van der Waals surface area contributed by atoms with Gasteiger partial charge >= 0.3 is 0 Å².